The third-order valence-corrected chi connectivity index (χ3v) is 4.76. The van der Waals surface area contributed by atoms with Gasteiger partial charge in [0, 0.05) is 30.1 Å². The van der Waals surface area contributed by atoms with Gasteiger partial charge in [0.15, 0.2) is 0 Å². The molecule has 1 aromatic carbocycles. The van der Waals surface area contributed by atoms with Crippen LogP contribution in [0.3, 0.4) is 0 Å². The van der Waals surface area contributed by atoms with Crippen molar-refractivity contribution in [1.82, 2.24) is 20.0 Å². The number of aromatic nitrogens is 2. The molecule has 28 heavy (non-hydrogen) atoms. The summed E-state index contributed by atoms with van der Waals surface area (Å²) in [5.41, 5.74) is 1.96. The maximum absolute atomic E-state index is 12.8. The second-order valence-corrected chi connectivity index (χ2v) is 7.18. The summed E-state index contributed by atoms with van der Waals surface area (Å²) in [5, 5.41) is 16.4. The lowest BCUT2D eigenvalue weighted by molar-refractivity contribution is -0.137. The molecule has 0 spiro atoms. The highest BCUT2D eigenvalue weighted by Gasteiger charge is 2.31. The lowest BCUT2D eigenvalue weighted by atomic mass is 10.1. The van der Waals surface area contributed by atoms with Crippen molar-refractivity contribution in [2.24, 2.45) is 0 Å². The van der Waals surface area contributed by atoms with Gasteiger partial charge in [-0.25, -0.2) is 0 Å². The predicted molar refractivity (Wildman–Crippen MR) is 103 cm³/mol. The largest absolute Gasteiger partial charge is 0.481 e. The number of halogens is 1. The van der Waals surface area contributed by atoms with Crippen LogP contribution in [0.25, 0.3) is 11.3 Å². The number of carboxylic acids is 1. The number of hydrogen-bond donors (Lipinski definition) is 2. The number of carbonyl (C=O) groups excluding carboxylic acids is 2. The zero-order valence-corrected chi connectivity index (χ0v) is 16.1. The molecule has 1 atom stereocenters. The van der Waals surface area contributed by atoms with Crippen molar-refractivity contribution < 1.29 is 19.5 Å². The second kappa shape index (κ2) is 8.43. The van der Waals surface area contributed by atoms with Crippen LogP contribution in [0.1, 0.15) is 36.3 Å². The number of nitrogens with zero attached hydrogens (tertiary/aromatic N) is 3. The number of benzene rings is 1. The average molecular weight is 405 g/mol. The Bertz CT molecular complexity index is 894. The molecule has 0 unspecified atom stereocenters. The van der Waals surface area contributed by atoms with Gasteiger partial charge >= 0.3 is 5.97 Å². The van der Waals surface area contributed by atoms with E-state index in [4.69, 9.17) is 16.7 Å². The Hall–Kier alpha value is -2.87. The highest BCUT2D eigenvalue weighted by atomic mass is 35.5. The Morgan fingerprint density at radius 3 is 2.71 bits per heavy atom. The summed E-state index contributed by atoms with van der Waals surface area (Å²) in [7, 11) is 0. The number of nitrogens with one attached hydrogen (secondary N) is 1. The minimum absolute atomic E-state index is 0.00732. The van der Waals surface area contributed by atoms with E-state index in [0.29, 0.717) is 29.4 Å². The minimum atomic E-state index is -0.904. The van der Waals surface area contributed by atoms with E-state index in [0.717, 1.165) is 5.56 Å². The molecule has 3 rings (SSSR count). The molecule has 2 heterocycles. The van der Waals surface area contributed by atoms with Gasteiger partial charge in [0.05, 0.1) is 18.3 Å². The van der Waals surface area contributed by atoms with Gasteiger partial charge in [-0.2, -0.15) is 5.10 Å². The number of carbonyl (C=O) groups is 3. The molecule has 0 fully saturated rings. The maximum atomic E-state index is 12.8. The van der Waals surface area contributed by atoms with Crippen LogP contribution in [0, 0.1) is 0 Å². The first kappa shape index (κ1) is 19.9. The van der Waals surface area contributed by atoms with Gasteiger partial charge in [0.2, 0.25) is 5.91 Å². The minimum Gasteiger partial charge on any atom is -0.481 e. The summed E-state index contributed by atoms with van der Waals surface area (Å²) in [4.78, 5) is 36.9. The van der Waals surface area contributed by atoms with Crippen molar-refractivity contribution in [2.75, 3.05) is 19.6 Å². The zero-order valence-electron chi connectivity index (χ0n) is 15.4. The van der Waals surface area contributed by atoms with Crippen LogP contribution in [0.4, 0.5) is 0 Å². The van der Waals surface area contributed by atoms with Crippen LogP contribution in [0.15, 0.2) is 30.3 Å². The number of fused-ring (bicyclic) bond motifs is 1. The van der Waals surface area contributed by atoms with Gasteiger partial charge in [-0.15, -0.1) is 0 Å². The quantitative estimate of drug-likeness (QED) is 0.688. The zero-order chi connectivity index (χ0) is 20.3. The van der Waals surface area contributed by atoms with Crippen LogP contribution >= 0.6 is 11.6 Å². The van der Waals surface area contributed by atoms with Crippen molar-refractivity contribution in [1.29, 1.82) is 0 Å². The summed E-state index contributed by atoms with van der Waals surface area (Å²) in [6.07, 6.45) is 0.343. The van der Waals surface area contributed by atoms with E-state index >= 15 is 0 Å². The van der Waals surface area contributed by atoms with E-state index in [2.05, 4.69) is 10.4 Å². The maximum Gasteiger partial charge on any atom is 0.303 e. The summed E-state index contributed by atoms with van der Waals surface area (Å²) in [6, 6.07) is 8.86. The molecule has 1 aromatic heterocycles. The molecule has 0 aliphatic carbocycles. The van der Waals surface area contributed by atoms with Gasteiger partial charge in [-0.05, 0) is 31.5 Å². The van der Waals surface area contributed by atoms with Crippen molar-refractivity contribution in [3.05, 3.63) is 41.0 Å². The molecule has 0 saturated carbocycles. The topological polar surface area (TPSA) is 105 Å². The second-order valence-electron chi connectivity index (χ2n) is 6.75. The van der Waals surface area contributed by atoms with Crippen molar-refractivity contribution in [2.45, 2.75) is 25.8 Å². The van der Waals surface area contributed by atoms with Crippen LogP contribution in [-0.2, 0) is 9.59 Å². The molecule has 2 N–H and O–H groups in total. The van der Waals surface area contributed by atoms with E-state index in [1.165, 1.54) is 4.90 Å². The van der Waals surface area contributed by atoms with Crippen LogP contribution in [-0.4, -0.2) is 57.2 Å². The third kappa shape index (κ3) is 4.51. The fourth-order valence-electron chi connectivity index (χ4n) is 3.13. The first-order valence-electron chi connectivity index (χ1n) is 8.98. The lowest BCUT2D eigenvalue weighted by Crippen LogP contribution is -2.47. The number of carboxylic acid groups (broad SMARTS) is 1. The molecule has 0 bridgehead atoms. The highest BCUT2D eigenvalue weighted by Crippen LogP contribution is 2.27. The molecular weight excluding hydrogens is 384 g/mol. The van der Waals surface area contributed by atoms with E-state index in [9.17, 15) is 14.4 Å². The van der Waals surface area contributed by atoms with Crippen molar-refractivity contribution >= 4 is 29.4 Å². The summed E-state index contributed by atoms with van der Waals surface area (Å²) < 4.78 is 1.69. The summed E-state index contributed by atoms with van der Waals surface area (Å²) in [6.45, 7) is 2.50. The highest BCUT2D eigenvalue weighted by molar-refractivity contribution is 6.30. The predicted octanol–water partition coefficient (Wildman–Crippen LogP) is 2.20. The van der Waals surface area contributed by atoms with E-state index in [1.807, 2.05) is 19.1 Å². The van der Waals surface area contributed by atoms with E-state index < -0.39 is 5.97 Å². The molecule has 148 valence electrons. The van der Waals surface area contributed by atoms with E-state index in [-0.39, 0.29) is 37.4 Å². The monoisotopic (exact) mass is 404 g/mol. The summed E-state index contributed by atoms with van der Waals surface area (Å²) in [5.74, 6) is -1.47. The average Bonchev–Trinajstić information content (AvgIpc) is 3.10. The normalized spacial score (nSPS) is 16.0. The van der Waals surface area contributed by atoms with Gasteiger partial charge in [0.25, 0.3) is 5.91 Å². The number of rotatable bonds is 7. The number of aliphatic carboxylic acids is 1. The molecule has 8 nitrogen and oxygen atoms in total. The fraction of sp³-hybridized carbons (Fsp3) is 0.368. The standard InChI is InChI=1S/C19H21ClN4O4/c1-12-10-23(11-17(25)21-8-2-3-18(26)27)19(28)16-9-15(22-24(12)16)13-4-6-14(20)7-5-13/h4-7,9,12H,2-3,8,10-11H2,1H3,(H,21,25)(H,26,27)/t12-/m0/s1. The Morgan fingerprint density at radius 2 is 2.04 bits per heavy atom. The number of amides is 2. The smallest absolute Gasteiger partial charge is 0.303 e. The van der Waals surface area contributed by atoms with E-state index in [1.54, 1.807) is 22.9 Å². The molecule has 2 aromatic rings. The van der Waals surface area contributed by atoms with Gasteiger partial charge in [0.1, 0.15) is 5.69 Å². The molecule has 0 saturated heterocycles. The molecule has 2 amide bonds. The molecule has 9 heteroatoms. The Balaban J connectivity index is 1.67. The van der Waals surface area contributed by atoms with Gasteiger partial charge < -0.3 is 15.3 Å². The molecule has 1 aliphatic heterocycles. The first-order chi connectivity index (χ1) is 13.3. The van der Waals surface area contributed by atoms with Crippen LogP contribution < -0.4 is 5.32 Å². The van der Waals surface area contributed by atoms with Crippen molar-refractivity contribution in [3.63, 3.8) is 0 Å². The number of hydrogen-bond acceptors (Lipinski definition) is 4. The first-order valence-corrected chi connectivity index (χ1v) is 9.36. The van der Waals surface area contributed by atoms with Gasteiger partial charge in [-0.3, -0.25) is 19.1 Å². The van der Waals surface area contributed by atoms with Gasteiger partial charge in [-0.1, -0.05) is 23.7 Å². The molecule has 1 aliphatic rings. The third-order valence-electron chi connectivity index (χ3n) is 4.51. The molecule has 0 radical (unpaired) electrons. The Labute approximate surface area is 167 Å². The SMILES string of the molecule is C[C@H]1CN(CC(=O)NCCCC(=O)O)C(=O)c2cc(-c3ccc(Cl)cc3)nn21. The summed E-state index contributed by atoms with van der Waals surface area (Å²) >= 11 is 5.92. The Morgan fingerprint density at radius 1 is 1.32 bits per heavy atom. The van der Waals surface area contributed by atoms with Crippen LogP contribution in [0.5, 0.6) is 0 Å². The lowest BCUT2D eigenvalue weighted by Gasteiger charge is -2.31. The van der Waals surface area contributed by atoms with Crippen molar-refractivity contribution in [3.8, 4) is 11.3 Å². The fourth-order valence-corrected chi connectivity index (χ4v) is 3.25. The molecular formula is C19H21ClN4O4. The van der Waals surface area contributed by atoms with Crippen LogP contribution in [0.2, 0.25) is 5.02 Å². The Kier molecular flexibility index (Phi) is 5.99.